The summed E-state index contributed by atoms with van der Waals surface area (Å²) in [6.07, 6.45) is 5.87. The average Bonchev–Trinajstić information content (AvgIpc) is 2.86. The molecule has 0 saturated heterocycles. The van der Waals surface area contributed by atoms with E-state index in [2.05, 4.69) is 15.3 Å². The first-order valence-electron chi connectivity index (χ1n) is 6.81. The molecule has 2 N–H and O–H groups in total. The Morgan fingerprint density at radius 1 is 1.52 bits per heavy atom. The number of pyridine rings is 1. The molecule has 2 amide bonds. The molecule has 0 aliphatic rings. The van der Waals surface area contributed by atoms with Crippen LogP contribution in [-0.4, -0.2) is 32.0 Å². The maximum atomic E-state index is 12.3. The van der Waals surface area contributed by atoms with Crippen LogP contribution in [0.1, 0.15) is 19.2 Å². The maximum Gasteiger partial charge on any atom is 0.322 e. The molecule has 7 heteroatoms. The number of carbonyl (C=O) groups is 1. The number of rotatable bonds is 5. The fraction of sp³-hybridized carbons (Fsp3) is 0.357. The maximum absolute atomic E-state index is 12.3. The zero-order valence-electron chi connectivity index (χ0n) is 12.2. The van der Waals surface area contributed by atoms with Crippen LogP contribution in [0.25, 0.3) is 0 Å². The number of aromatic nitrogens is 3. The Kier molecular flexibility index (Phi) is 4.76. The Labute approximate surface area is 122 Å². The molecular formula is C14H19N5O2. The van der Waals surface area contributed by atoms with Crippen molar-refractivity contribution < 1.29 is 4.79 Å². The largest absolute Gasteiger partial charge is 0.337 e. The van der Waals surface area contributed by atoms with Gasteiger partial charge in [-0.3, -0.25) is 4.79 Å². The normalized spacial score (nSPS) is 10.4. The molecule has 0 aliphatic heterocycles. The molecule has 2 aromatic rings. The minimum Gasteiger partial charge on any atom is -0.337 e. The number of imidazole rings is 1. The second-order valence-electron chi connectivity index (χ2n) is 4.72. The number of anilines is 1. The highest BCUT2D eigenvalue weighted by Crippen LogP contribution is 2.06. The van der Waals surface area contributed by atoms with E-state index in [1.54, 1.807) is 23.2 Å². The highest BCUT2D eigenvalue weighted by atomic mass is 16.2. The van der Waals surface area contributed by atoms with Crippen molar-refractivity contribution >= 4 is 11.7 Å². The van der Waals surface area contributed by atoms with Gasteiger partial charge in [0.25, 0.3) is 5.56 Å². The first kappa shape index (κ1) is 14.8. The number of urea groups is 1. The first-order valence-corrected chi connectivity index (χ1v) is 6.81. The summed E-state index contributed by atoms with van der Waals surface area (Å²) >= 11 is 0. The molecule has 0 bridgehead atoms. The van der Waals surface area contributed by atoms with Crippen molar-refractivity contribution in [3.05, 3.63) is 46.9 Å². The lowest BCUT2D eigenvalue weighted by Crippen LogP contribution is -2.37. The van der Waals surface area contributed by atoms with Gasteiger partial charge >= 0.3 is 6.03 Å². The molecule has 0 radical (unpaired) electrons. The van der Waals surface area contributed by atoms with E-state index in [1.807, 2.05) is 24.7 Å². The molecule has 2 aromatic heterocycles. The third kappa shape index (κ3) is 3.71. The predicted octanol–water partition coefficient (Wildman–Crippen LogP) is 1.55. The molecule has 21 heavy (non-hydrogen) atoms. The lowest BCUT2D eigenvalue weighted by atomic mass is 10.4. The van der Waals surface area contributed by atoms with Gasteiger partial charge in [-0.05, 0) is 18.6 Å². The van der Waals surface area contributed by atoms with Gasteiger partial charge in [0.1, 0.15) is 11.5 Å². The molecular weight excluding hydrogens is 270 g/mol. The topological polar surface area (TPSA) is 83.0 Å². The van der Waals surface area contributed by atoms with Crippen LogP contribution in [0.2, 0.25) is 0 Å². The zero-order valence-corrected chi connectivity index (χ0v) is 12.2. The summed E-state index contributed by atoms with van der Waals surface area (Å²) in [7, 11) is 1.88. The van der Waals surface area contributed by atoms with Crippen molar-refractivity contribution in [1.29, 1.82) is 0 Å². The second kappa shape index (κ2) is 6.74. The van der Waals surface area contributed by atoms with Crippen molar-refractivity contribution in [2.24, 2.45) is 7.05 Å². The lowest BCUT2D eigenvalue weighted by Gasteiger charge is -2.22. The summed E-state index contributed by atoms with van der Waals surface area (Å²) in [5, 5.41) is 2.63. The number of nitrogens with zero attached hydrogens (tertiary/aromatic N) is 3. The number of hydrogen-bond acceptors (Lipinski definition) is 3. The SMILES string of the molecule is CCCN(Cc1nccn1C)C(=O)Nc1ccc[nH]c1=O. The summed E-state index contributed by atoms with van der Waals surface area (Å²) in [6.45, 7) is 2.98. The van der Waals surface area contributed by atoms with Gasteiger partial charge in [-0.25, -0.2) is 9.78 Å². The monoisotopic (exact) mass is 289 g/mol. The molecule has 0 fully saturated rings. The lowest BCUT2D eigenvalue weighted by molar-refractivity contribution is 0.207. The molecule has 2 rings (SSSR count). The third-order valence-electron chi connectivity index (χ3n) is 3.09. The summed E-state index contributed by atoms with van der Waals surface area (Å²) in [6, 6.07) is 2.93. The summed E-state index contributed by atoms with van der Waals surface area (Å²) in [4.78, 5) is 32.3. The number of hydrogen-bond donors (Lipinski definition) is 2. The number of nitrogens with one attached hydrogen (secondary N) is 2. The van der Waals surface area contributed by atoms with Crippen molar-refractivity contribution in [1.82, 2.24) is 19.4 Å². The number of aryl methyl sites for hydroxylation is 1. The van der Waals surface area contributed by atoms with Crippen molar-refractivity contribution in [2.75, 3.05) is 11.9 Å². The average molecular weight is 289 g/mol. The van der Waals surface area contributed by atoms with Crippen LogP contribution < -0.4 is 10.9 Å². The Balaban J connectivity index is 2.11. The van der Waals surface area contributed by atoms with E-state index in [0.29, 0.717) is 13.1 Å². The molecule has 7 nitrogen and oxygen atoms in total. The number of aromatic amines is 1. The first-order chi connectivity index (χ1) is 10.1. The van der Waals surface area contributed by atoms with Crippen LogP contribution in [0.5, 0.6) is 0 Å². The minimum absolute atomic E-state index is 0.239. The van der Waals surface area contributed by atoms with Gasteiger partial charge in [-0.1, -0.05) is 6.92 Å². The van der Waals surface area contributed by atoms with E-state index in [-0.39, 0.29) is 17.3 Å². The molecule has 112 valence electrons. The van der Waals surface area contributed by atoms with Crippen LogP contribution in [0.3, 0.4) is 0 Å². The van der Waals surface area contributed by atoms with Crippen LogP contribution in [0, 0.1) is 0 Å². The zero-order chi connectivity index (χ0) is 15.2. The van der Waals surface area contributed by atoms with E-state index in [4.69, 9.17) is 0 Å². The quantitative estimate of drug-likeness (QED) is 0.876. The fourth-order valence-corrected chi connectivity index (χ4v) is 1.96. The van der Waals surface area contributed by atoms with E-state index in [0.717, 1.165) is 12.2 Å². The number of carbonyl (C=O) groups excluding carboxylic acids is 1. The van der Waals surface area contributed by atoms with Gasteiger partial charge in [0.2, 0.25) is 0 Å². The van der Waals surface area contributed by atoms with E-state index < -0.39 is 0 Å². The molecule has 2 heterocycles. The van der Waals surface area contributed by atoms with Crippen molar-refractivity contribution in [2.45, 2.75) is 19.9 Å². The van der Waals surface area contributed by atoms with Gasteiger partial charge in [0, 0.05) is 32.2 Å². The Morgan fingerprint density at radius 3 is 2.95 bits per heavy atom. The smallest absolute Gasteiger partial charge is 0.322 e. The van der Waals surface area contributed by atoms with Crippen LogP contribution in [-0.2, 0) is 13.6 Å². The van der Waals surface area contributed by atoms with E-state index in [1.165, 1.54) is 6.20 Å². The molecule has 0 atom stereocenters. The Hall–Kier alpha value is -2.57. The summed E-state index contributed by atoms with van der Waals surface area (Å²) < 4.78 is 1.87. The van der Waals surface area contributed by atoms with Gasteiger partial charge in [0.05, 0.1) is 6.54 Å². The number of amides is 2. The van der Waals surface area contributed by atoms with Gasteiger partial charge in [0.15, 0.2) is 0 Å². The fourth-order valence-electron chi connectivity index (χ4n) is 1.96. The van der Waals surface area contributed by atoms with Gasteiger partial charge in [-0.15, -0.1) is 0 Å². The van der Waals surface area contributed by atoms with Crippen LogP contribution in [0.4, 0.5) is 10.5 Å². The highest BCUT2D eigenvalue weighted by molar-refractivity contribution is 5.88. The van der Waals surface area contributed by atoms with Gasteiger partial charge < -0.3 is 19.8 Å². The Morgan fingerprint density at radius 2 is 2.33 bits per heavy atom. The van der Waals surface area contributed by atoms with E-state index in [9.17, 15) is 9.59 Å². The number of H-pyrrole nitrogens is 1. The molecule has 0 unspecified atom stereocenters. The van der Waals surface area contributed by atoms with Crippen LogP contribution in [0.15, 0.2) is 35.5 Å². The molecule has 0 aliphatic carbocycles. The highest BCUT2D eigenvalue weighted by Gasteiger charge is 2.16. The van der Waals surface area contributed by atoms with Crippen molar-refractivity contribution in [3.63, 3.8) is 0 Å². The standard InChI is InChI=1S/C14H19N5O2/c1-3-8-19(10-12-15-7-9-18(12)2)14(21)17-11-5-4-6-16-13(11)20/h4-7,9H,3,8,10H2,1-2H3,(H,16,20)(H,17,21). The molecule has 0 spiro atoms. The third-order valence-corrected chi connectivity index (χ3v) is 3.09. The van der Waals surface area contributed by atoms with Crippen molar-refractivity contribution in [3.8, 4) is 0 Å². The minimum atomic E-state index is -0.320. The van der Waals surface area contributed by atoms with Crippen LogP contribution >= 0.6 is 0 Å². The molecule has 0 saturated carbocycles. The summed E-state index contributed by atoms with van der Waals surface area (Å²) in [5.74, 6) is 0.792. The molecule has 0 aromatic carbocycles. The van der Waals surface area contributed by atoms with E-state index >= 15 is 0 Å². The Bertz CT molecular complexity index is 661. The predicted molar refractivity (Wildman–Crippen MR) is 80.0 cm³/mol. The second-order valence-corrected chi connectivity index (χ2v) is 4.72. The summed E-state index contributed by atoms with van der Waals surface area (Å²) in [5.41, 5.74) is -0.0808. The van der Waals surface area contributed by atoms with Gasteiger partial charge in [-0.2, -0.15) is 0 Å².